The fourth-order valence-electron chi connectivity index (χ4n) is 1.87. The Morgan fingerprint density at radius 1 is 1.05 bits per heavy atom. The van der Waals surface area contributed by atoms with Crippen molar-refractivity contribution >= 4 is 27.5 Å². The average molecular weight is 348 g/mol. The first-order chi connectivity index (χ1) is 9.69. The van der Waals surface area contributed by atoms with Gasteiger partial charge in [0.2, 0.25) is 0 Å². The molecule has 0 unspecified atom stereocenters. The first-order valence-corrected chi connectivity index (χ1v) is 7.92. The molecule has 2 aromatic carbocycles. The maximum atomic E-state index is 6.15. The topological polar surface area (TPSA) is 0 Å². The van der Waals surface area contributed by atoms with Crippen molar-refractivity contribution in [1.82, 2.24) is 0 Å². The summed E-state index contributed by atoms with van der Waals surface area (Å²) in [4.78, 5) is 0. The van der Waals surface area contributed by atoms with E-state index in [1.54, 1.807) is 0 Å². The van der Waals surface area contributed by atoms with E-state index < -0.39 is 0 Å². The van der Waals surface area contributed by atoms with Gasteiger partial charge >= 0.3 is 0 Å². The van der Waals surface area contributed by atoms with E-state index in [-0.39, 0.29) is 0 Å². The Balaban J connectivity index is 2.12. The molecule has 0 fully saturated rings. The molecule has 2 rings (SSSR count). The molecule has 0 spiro atoms. The third kappa shape index (κ3) is 4.40. The maximum absolute atomic E-state index is 6.15. The molecule has 0 heterocycles. The first kappa shape index (κ1) is 15.2. The van der Waals surface area contributed by atoms with Gasteiger partial charge in [0.1, 0.15) is 0 Å². The van der Waals surface area contributed by atoms with E-state index in [4.69, 9.17) is 11.6 Å². The predicted molar refractivity (Wildman–Crippen MR) is 90.2 cm³/mol. The Bertz CT molecular complexity index is 633. The highest BCUT2D eigenvalue weighted by molar-refractivity contribution is 9.10. The van der Waals surface area contributed by atoms with E-state index in [0.717, 1.165) is 22.0 Å². The molecule has 0 bridgehead atoms. The Hall–Kier alpha value is -1.23. The van der Waals surface area contributed by atoms with Crippen LogP contribution in [0, 0.1) is 11.8 Å². The largest absolute Gasteiger partial charge is 0.0829 e. The van der Waals surface area contributed by atoms with Crippen LogP contribution in [0.15, 0.2) is 46.9 Å². The van der Waals surface area contributed by atoms with Gasteiger partial charge in [0, 0.05) is 15.6 Å². The highest BCUT2D eigenvalue weighted by Gasteiger charge is 1.97. The van der Waals surface area contributed by atoms with Gasteiger partial charge in [-0.25, -0.2) is 0 Å². The summed E-state index contributed by atoms with van der Waals surface area (Å²) in [5.74, 6) is 6.27. The lowest BCUT2D eigenvalue weighted by Gasteiger charge is -1.99. The minimum absolute atomic E-state index is 0.673. The fourth-order valence-corrected chi connectivity index (χ4v) is 2.59. The van der Waals surface area contributed by atoms with Crippen LogP contribution in [0.3, 0.4) is 0 Å². The van der Waals surface area contributed by atoms with Crippen LogP contribution in [-0.4, -0.2) is 0 Å². The molecule has 2 aromatic rings. The lowest BCUT2D eigenvalue weighted by Crippen LogP contribution is -1.84. The van der Waals surface area contributed by atoms with E-state index in [0.29, 0.717) is 5.02 Å². The third-order valence-corrected chi connectivity index (χ3v) is 3.85. The van der Waals surface area contributed by atoms with Crippen LogP contribution in [0.1, 0.15) is 36.5 Å². The maximum Gasteiger partial charge on any atom is 0.0573 e. The van der Waals surface area contributed by atoms with Crippen LogP contribution in [0.5, 0.6) is 0 Å². The van der Waals surface area contributed by atoms with Crippen LogP contribution >= 0.6 is 27.5 Å². The zero-order chi connectivity index (χ0) is 14.4. The van der Waals surface area contributed by atoms with Gasteiger partial charge in [-0.3, -0.25) is 0 Å². The summed E-state index contributed by atoms with van der Waals surface area (Å²) in [5, 5.41) is 0.673. The van der Waals surface area contributed by atoms with E-state index in [1.807, 2.05) is 18.2 Å². The molecular weight excluding hydrogens is 332 g/mol. The van der Waals surface area contributed by atoms with Crippen LogP contribution in [-0.2, 0) is 6.42 Å². The first-order valence-electron chi connectivity index (χ1n) is 6.75. The van der Waals surface area contributed by atoms with Gasteiger partial charge in [-0.15, -0.1) is 0 Å². The van der Waals surface area contributed by atoms with Gasteiger partial charge in [0.15, 0.2) is 0 Å². The minimum Gasteiger partial charge on any atom is -0.0829 e. The minimum atomic E-state index is 0.673. The zero-order valence-corrected chi connectivity index (χ0v) is 13.8. The Morgan fingerprint density at radius 2 is 1.80 bits per heavy atom. The molecule has 2 heteroatoms. The van der Waals surface area contributed by atoms with Crippen molar-refractivity contribution in [2.24, 2.45) is 0 Å². The summed E-state index contributed by atoms with van der Waals surface area (Å²) in [6, 6.07) is 14.2. The molecule has 0 N–H and O–H groups in total. The highest BCUT2D eigenvalue weighted by Crippen LogP contribution is 2.20. The summed E-state index contributed by atoms with van der Waals surface area (Å²) in [6.45, 7) is 2.21. The second-order valence-electron chi connectivity index (χ2n) is 4.67. The predicted octanol–water partition coefficient (Wildman–Crippen LogP) is 5.84. The Morgan fingerprint density at radius 3 is 2.45 bits per heavy atom. The van der Waals surface area contributed by atoms with Gasteiger partial charge < -0.3 is 0 Å². The summed E-state index contributed by atoms with van der Waals surface area (Å²) in [6.07, 6.45) is 3.60. The molecule has 0 saturated heterocycles. The number of aryl methyl sites for hydroxylation is 1. The summed E-state index contributed by atoms with van der Waals surface area (Å²) < 4.78 is 0.966. The second-order valence-corrected chi connectivity index (χ2v) is 6.00. The number of unbranched alkanes of at least 4 members (excludes halogenated alkanes) is 1. The molecule has 0 aliphatic carbocycles. The standard InChI is InChI=1S/C18H16BrCl/c1-2-3-4-14-5-7-15(8-6-14)9-10-16-11-12-17(19)13-18(16)20/h5-8,11-13H,2-4H2,1H3. The molecule has 20 heavy (non-hydrogen) atoms. The smallest absolute Gasteiger partial charge is 0.0573 e. The van der Waals surface area contributed by atoms with Crippen LogP contribution in [0.4, 0.5) is 0 Å². The highest BCUT2D eigenvalue weighted by atomic mass is 79.9. The average Bonchev–Trinajstić information content (AvgIpc) is 2.45. The Labute approximate surface area is 134 Å². The van der Waals surface area contributed by atoms with Crippen molar-refractivity contribution in [3.63, 3.8) is 0 Å². The van der Waals surface area contributed by atoms with Gasteiger partial charge in [0.05, 0.1) is 5.02 Å². The molecule has 0 aromatic heterocycles. The lowest BCUT2D eigenvalue weighted by molar-refractivity contribution is 0.795. The molecule has 0 amide bonds. The summed E-state index contributed by atoms with van der Waals surface area (Å²) in [7, 11) is 0. The fraction of sp³-hybridized carbons (Fsp3) is 0.222. The van der Waals surface area contributed by atoms with Crippen LogP contribution in [0.25, 0.3) is 0 Å². The molecule has 0 aliphatic heterocycles. The molecular formula is C18H16BrCl. The summed E-state index contributed by atoms with van der Waals surface area (Å²) in [5.41, 5.74) is 3.24. The van der Waals surface area contributed by atoms with Crippen molar-refractivity contribution in [2.45, 2.75) is 26.2 Å². The second kappa shape index (κ2) is 7.53. The number of rotatable bonds is 3. The van der Waals surface area contributed by atoms with Crippen LogP contribution in [0.2, 0.25) is 5.02 Å². The SMILES string of the molecule is CCCCc1ccc(C#Cc2ccc(Br)cc2Cl)cc1. The van der Waals surface area contributed by atoms with Gasteiger partial charge in [-0.1, -0.05) is 64.8 Å². The third-order valence-electron chi connectivity index (χ3n) is 3.05. The van der Waals surface area contributed by atoms with E-state index in [9.17, 15) is 0 Å². The number of benzene rings is 2. The van der Waals surface area contributed by atoms with E-state index in [2.05, 4.69) is 59.0 Å². The van der Waals surface area contributed by atoms with Crippen molar-refractivity contribution in [3.05, 3.63) is 68.7 Å². The molecule has 0 radical (unpaired) electrons. The zero-order valence-electron chi connectivity index (χ0n) is 11.4. The molecule has 0 atom stereocenters. The van der Waals surface area contributed by atoms with E-state index >= 15 is 0 Å². The normalized spacial score (nSPS) is 9.95. The van der Waals surface area contributed by atoms with Crippen LogP contribution < -0.4 is 0 Å². The lowest BCUT2D eigenvalue weighted by atomic mass is 10.1. The molecule has 0 nitrogen and oxygen atoms in total. The quantitative estimate of drug-likeness (QED) is 0.611. The molecule has 102 valence electrons. The van der Waals surface area contributed by atoms with Gasteiger partial charge in [-0.2, -0.15) is 0 Å². The number of halogens is 2. The van der Waals surface area contributed by atoms with Crippen molar-refractivity contribution in [3.8, 4) is 11.8 Å². The van der Waals surface area contributed by atoms with Crippen molar-refractivity contribution in [1.29, 1.82) is 0 Å². The number of hydrogen-bond acceptors (Lipinski definition) is 0. The summed E-state index contributed by atoms with van der Waals surface area (Å²) >= 11 is 9.53. The van der Waals surface area contributed by atoms with Crippen molar-refractivity contribution < 1.29 is 0 Å². The number of hydrogen-bond donors (Lipinski definition) is 0. The van der Waals surface area contributed by atoms with Crippen molar-refractivity contribution in [2.75, 3.05) is 0 Å². The Kier molecular flexibility index (Phi) is 5.71. The van der Waals surface area contributed by atoms with E-state index in [1.165, 1.54) is 18.4 Å². The monoisotopic (exact) mass is 346 g/mol. The molecule has 0 aliphatic rings. The van der Waals surface area contributed by atoms with Gasteiger partial charge in [-0.05, 0) is 48.7 Å². The van der Waals surface area contributed by atoms with Gasteiger partial charge in [0.25, 0.3) is 0 Å². The molecule has 0 saturated carbocycles.